The largest absolute Gasteiger partial charge is 0.497 e. The molecule has 6 heteroatoms. The minimum absolute atomic E-state index is 0.425. The highest BCUT2D eigenvalue weighted by molar-refractivity contribution is 6.09. The second-order valence-corrected chi connectivity index (χ2v) is 13.4. The second kappa shape index (κ2) is 13.3. The molecule has 0 saturated carbocycles. The fourth-order valence-corrected chi connectivity index (χ4v) is 7.77. The maximum Gasteiger partial charge on any atom is 0.141 e. The lowest BCUT2D eigenvalue weighted by Gasteiger charge is -2.30. The van der Waals surface area contributed by atoms with Crippen LogP contribution in [-0.4, -0.2) is 26.4 Å². The average molecular weight is 639 g/mol. The maximum absolute atomic E-state index is 6.69. The number of hydrogen-bond donors (Lipinski definition) is 0. The number of fused-ring (bicyclic) bond motifs is 3. The number of aryl methyl sites for hydroxylation is 2. The Morgan fingerprint density at radius 1 is 0.833 bits per heavy atom. The molecule has 0 bridgehead atoms. The zero-order valence-corrected chi connectivity index (χ0v) is 29.1. The highest BCUT2D eigenvalue weighted by Crippen LogP contribution is 2.43. The van der Waals surface area contributed by atoms with E-state index in [0.717, 1.165) is 76.4 Å². The number of allylic oxidation sites excluding steroid dienone is 2. The monoisotopic (exact) mass is 638 g/mol. The van der Waals surface area contributed by atoms with Crippen LogP contribution in [0.25, 0.3) is 33.3 Å². The number of methoxy groups -OCH3 is 1. The molecule has 1 aliphatic rings. The van der Waals surface area contributed by atoms with Gasteiger partial charge in [0, 0.05) is 52.3 Å². The van der Waals surface area contributed by atoms with Crippen molar-refractivity contribution in [1.82, 2.24) is 19.3 Å². The van der Waals surface area contributed by atoms with Gasteiger partial charge < -0.3 is 9.47 Å². The van der Waals surface area contributed by atoms with Gasteiger partial charge >= 0.3 is 0 Å². The van der Waals surface area contributed by atoms with Crippen LogP contribution in [0.2, 0.25) is 0 Å². The number of hydrogen-bond acceptors (Lipinski definition) is 4. The average Bonchev–Trinajstić information content (AvgIpc) is 3.60. The molecule has 246 valence electrons. The van der Waals surface area contributed by atoms with Gasteiger partial charge in [0.2, 0.25) is 0 Å². The molecule has 7 rings (SSSR count). The van der Waals surface area contributed by atoms with Gasteiger partial charge in [0.15, 0.2) is 0 Å². The Balaban J connectivity index is 1.32. The van der Waals surface area contributed by atoms with E-state index in [1.54, 1.807) is 13.3 Å². The van der Waals surface area contributed by atoms with Gasteiger partial charge in [0.25, 0.3) is 0 Å². The lowest BCUT2D eigenvalue weighted by Crippen LogP contribution is -2.18. The number of nitrogens with zero attached hydrogens (tertiary/aromatic N) is 4. The molecular weight excluding hydrogens is 592 g/mol. The normalized spacial score (nSPS) is 16.4. The molecule has 0 unspecified atom stereocenters. The van der Waals surface area contributed by atoms with E-state index < -0.39 is 0 Å². The van der Waals surface area contributed by atoms with Gasteiger partial charge in [-0.25, -0.2) is 9.67 Å². The Morgan fingerprint density at radius 2 is 1.65 bits per heavy atom. The first-order chi connectivity index (χ1) is 23.4. The Bertz CT molecular complexity index is 2140. The summed E-state index contributed by atoms with van der Waals surface area (Å²) in [4.78, 5) is 4.72. The summed E-state index contributed by atoms with van der Waals surface area (Å²) in [5, 5.41) is 7.67. The summed E-state index contributed by atoms with van der Waals surface area (Å²) in [7, 11) is 1.68. The summed E-state index contributed by atoms with van der Waals surface area (Å²) >= 11 is 0. The van der Waals surface area contributed by atoms with Crippen molar-refractivity contribution in [3.05, 3.63) is 113 Å². The third-order valence-corrected chi connectivity index (χ3v) is 9.87. The number of aromatic nitrogens is 4. The topological polar surface area (TPSA) is 54.1 Å². The maximum atomic E-state index is 6.69. The number of ether oxygens (including phenoxy) is 2. The molecule has 0 fully saturated rings. The molecule has 3 heterocycles. The molecule has 6 nitrogen and oxygen atoms in total. The lowest BCUT2D eigenvalue weighted by molar-refractivity contribution is 0.414. The van der Waals surface area contributed by atoms with Gasteiger partial charge in [-0.15, -0.1) is 0 Å². The van der Waals surface area contributed by atoms with Crippen molar-refractivity contribution in [1.29, 1.82) is 0 Å². The third kappa shape index (κ3) is 5.78. The quantitative estimate of drug-likeness (QED) is 0.140. The number of para-hydroxylation sites is 1. The Hall–Kier alpha value is -4.84. The Morgan fingerprint density at radius 3 is 2.44 bits per heavy atom. The van der Waals surface area contributed by atoms with Crippen molar-refractivity contribution in [2.75, 3.05) is 7.11 Å². The molecule has 0 spiro atoms. The van der Waals surface area contributed by atoms with Crippen molar-refractivity contribution >= 4 is 21.8 Å². The van der Waals surface area contributed by atoms with Crippen molar-refractivity contribution < 1.29 is 9.47 Å². The first-order valence-electron chi connectivity index (χ1n) is 17.5. The van der Waals surface area contributed by atoms with E-state index in [4.69, 9.17) is 19.6 Å². The molecule has 3 aromatic heterocycles. The molecular formula is C42H46N4O2. The first kappa shape index (κ1) is 31.7. The van der Waals surface area contributed by atoms with Crippen molar-refractivity contribution in [2.45, 2.75) is 79.1 Å². The molecule has 0 saturated heterocycles. The first-order valence-corrected chi connectivity index (χ1v) is 17.5. The van der Waals surface area contributed by atoms with Gasteiger partial charge in [-0.2, -0.15) is 5.10 Å². The number of benzene rings is 3. The van der Waals surface area contributed by atoms with E-state index in [9.17, 15) is 0 Å². The molecule has 0 radical (unpaired) electrons. The molecule has 1 aliphatic carbocycles. The van der Waals surface area contributed by atoms with Crippen LogP contribution >= 0.6 is 0 Å². The number of rotatable bonds is 10. The van der Waals surface area contributed by atoms with E-state index in [1.807, 2.05) is 12.1 Å². The molecule has 0 amide bonds. The van der Waals surface area contributed by atoms with Gasteiger partial charge in [-0.05, 0) is 87.4 Å². The van der Waals surface area contributed by atoms with Crippen molar-refractivity contribution in [3.63, 3.8) is 0 Å². The van der Waals surface area contributed by atoms with E-state index in [2.05, 4.69) is 111 Å². The van der Waals surface area contributed by atoms with E-state index in [1.165, 1.54) is 40.8 Å². The van der Waals surface area contributed by atoms with E-state index in [-0.39, 0.29) is 0 Å². The van der Waals surface area contributed by atoms with Crippen LogP contribution in [0.1, 0.15) is 81.8 Å². The van der Waals surface area contributed by atoms with Crippen molar-refractivity contribution in [3.8, 4) is 28.8 Å². The SMILES string of the molecule is CCCc1nn(-c2cc(C)cc(Oc3ccc4c5ccccc5n(-c5cc(OC)ccn5)c4c3)c2)c(CCC)c1[C@@H]1C(C)=CCC[C@@H]1C. The zero-order chi connectivity index (χ0) is 33.4. The Labute approximate surface area is 284 Å². The van der Waals surface area contributed by atoms with Gasteiger partial charge in [-0.1, -0.05) is 63.5 Å². The third-order valence-electron chi connectivity index (χ3n) is 9.87. The Kier molecular flexibility index (Phi) is 8.83. The summed E-state index contributed by atoms with van der Waals surface area (Å²) in [5.74, 6) is 4.16. The zero-order valence-electron chi connectivity index (χ0n) is 29.1. The van der Waals surface area contributed by atoms with Crippen LogP contribution < -0.4 is 9.47 Å². The minimum Gasteiger partial charge on any atom is -0.497 e. The standard InChI is InChI=1S/C42H46N4O2/c1-7-12-36-42(41-28(4)14-11-15-29(41)5)38(13-8-2)46(44-36)30-22-27(3)23-33(24-30)48-32-18-19-35-34-16-9-10-17-37(34)45(39(35)25-32)40-26-31(47-6)20-21-43-40/h9-10,14,16-26,29,41H,7-8,11-13,15H2,1-6H3/t29-,41+/m0/s1. The van der Waals surface area contributed by atoms with Crippen LogP contribution in [-0.2, 0) is 12.8 Å². The predicted molar refractivity (Wildman–Crippen MR) is 196 cm³/mol. The van der Waals surface area contributed by atoms with Crippen LogP contribution in [0.5, 0.6) is 17.2 Å². The van der Waals surface area contributed by atoms with Crippen molar-refractivity contribution in [2.24, 2.45) is 5.92 Å². The van der Waals surface area contributed by atoms with Crippen LogP contribution in [0.3, 0.4) is 0 Å². The highest BCUT2D eigenvalue weighted by Gasteiger charge is 2.31. The molecule has 48 heavy (non-hydrogen) atoms. The summed E-state index contributed by atoms with van der Waals surface area (Å²) in [6.45, 7) is 11.4. The number of pyridine rings is 1. The molecule has 3 aromatic carbocycles. The molecule has 6 aromatic rings. The molecule has 2 atom stereocenters. The fourth-order valence-electron chi connectivity index (χ4n) is 7.77. The summed E-state index contributed by atoms with van der Waals surface area (Å²) in [6.07, 6.45) is 10.8. The summed E-state index contributed by atoms with van der Waals surface area (Å²) < 4.78 is 16.6. The fraction of sp³-hybridized carbons (Fsp3) is 0.333. The summed E-state index contributed by atoms with van der Waals surface area (Å²) in [5.41, 5.74) is 9.86. The summed E-state index contributed by atoms with van der Waals surface area (Å²) in [6, 6.07) is 25.1. The van der Waals surface area contributed by atoms with Crippen LogP contribution in [0.4, 0.5) is 0 Å². The predicted octanol–water partition coefficient (Wildman–Crippen LogP) is 10.8. The van der Waals surface area contributed by atoms with E-state index in [0.29, 0.717) is 11.8 Å². The minimum atomic E-state index is 0.425. The van der Waals surface area contributed by atoms with Crippen LogP contribution in [0, 0.1) is 12.8 Å². The van der Waals surface area contributed by atoms with Gasteiger partial charge in [0.05, 0.1) is 29.5 Å². The lowest BCUT2D eigenvalue weighted by atomic mass is 9.74. The highest BCUT2D eigenvalue weighted by atomic mass is 16.5. The smallest absolute Gasteiger partial charge is 0.141 e. The second-order valence-electron chi connectivity index (χ2n) is 13.4. The van der Waals surface area contributed by atoms with Gasteiger partial charge in [0.1, 0.15) is 23.1 Å². The molecule has 0 N–H and O–H groups in total. The van der Waals surface area contributed by atoms with Crippen LogP contribution in [0.15, 0.2) is 90.6 Å². The molecule has 0 aliphatic heterocycles. The van der Waals surface area contributed by atoms with E-state index >= 15 is 0 Å². The van der Waals surface area contributed by atoms with Gasteiger partial charge in [-0.3, -0.25) is 4.57 Å².